The van der Waals surface area contributed by atoms with Gasteiger partial charge in [-0.15, -0.1) is 0 Å². The molecule has 1 saturated carbocycles. The minimum absolute atomic E-state index is 0.244. The average Bonchev–Trinajstić information content (AvgIpc) is 3.46. The molecule has 30 heavy (non-hydrogen) atoms. The second-order valence-electron chi connectivity index (χ2n) is 7.17. The molecule has 1 amide bonds. The first-order chi connectivity index (χ1) is 14.5. The summed E-state index contributed by atoms with van der Waals surface area (Å²) in [6.45, 7) is 1.81. The monoisotopic (exact) mass is 410 g/mol. The van der Waals surface area contributed by atoms with Gasteiger partial charge in [0.2, 0.25) is 11.7 Å². The van der Waals surface area contributed by atoms with Gasteiger partial charge in [0.1, 0.15) is 6.10 Å². The SMILES string of the molecule is CNC(=O)[C@H]1[C@H](C)[C@@H](n2cnc3c(NC)nc(C#Cc4ccco4)nc32)[C@H](O)[C@@H]1O. The van der Waals surface area contributed by atoms with Gasteiger partial charge in [0, 0.05) is 14.1 Å². The molecule has 3 heterocycles. The van der Waals surface area contributed by atoms with Gasteiger partial charge < -0.3 is 29.8 Å². The summed E-state index contributed by atoms with van der Waals surface area (Å²) in [5.74, 6) is 5.48. The molecule has 1 aliphatic rings. The lowest BCUT2D eigenvalue weighted by atomic mass is 9.94. The Morgan fingerprint density at radius 1 is 1.23 bits per heavy atom. The molecule has 0 aliphatic heterocycles. The van der Waals surface area contributed by atoms with Crippen LogP contribution in [0.3, 0.4) is 0 Å². The smallest absolute Gasteiger partial charge is 0.225 e. The average molecular weight is 410 g/mol. The Labute approximate surface area is 172 Å². The largest absolute Gasteiger partial charge is 0.456 e. The van der Waals surface area contributed by atoms with Gasteiger partial charge in [0.25, 0.3) is 0 Å². The van der Waals surface area contributed by atoms with Crippen molar-refractivity contribution in [2.75, 3.05) is 19.4 Å². The number of hydrogen-bond acceptors (Lipinski definition) is 8. The van der Waals surface area contributed by atoms with E-state index >= 15 is 0 Å². The molecule has 156 valence electrons. The minimum Gasteiger partial charge on any atom is -0.456 e. The molecule has 10 heteroatoms. The number of carbonyl (C=O) groups is 1. The zero-order valence-corrected chi connectivity index (χ0v) is 16.7. The molecule has 0 saturated heterocycles. The van der Waals surface area contributed by atoms with Gasteiger partial charge in [-0.25, -0.2) is 15.0 Å². The number of carbonyl (C=O) groups excluding carboxylic acids is 1. The zero-order chi connectivity index (χ0) is 21.4. The molecule has 4 rings (SSSR count). The molecule has 4 N–H and O–H groups in total. The molecule has 3 aromatic heterocycles. The predicted octanol–water partition coefficient (Wildman–Crippen LogP) is 0.136. The van der Waals surface area contributed by atoms with Crippen molar-refractivity contribution in [3.05, 3.63) is 36.3 Å². The Morgan fingerprint density at radius 3 is 2.70 bits per heavy atom. The van der Waals surface area contributed by atoms with Crippen LogP contribution in [0.15, 0.2) is 29.1 Å². The number of nitrogens with one attached hydrogen (secondary N) is 2. The number of amides is 1. The number of aliphatic hydroxyl groups excluding tert-OH is 2. The fourth-order valence-electron chi connectivity index (χ4n) is 4.06. The summed E-state index contributed by atoms with van der Waals surface area (Å²) >= 11 is 0. The fourth-order valence-corrected chi connectivity index (χ4v) is 4.06. The van der Waals surface area contributed by atoms with Gasteiger partial charge >= 0.3 is 0 Å². The topological polar surface area (TPSA) is 138 Å². The van der Waals surface area contributed by atoms with Crippen molar-refractivity contribution in [3.8, 4) is 11.8 Å². The van der Waals surface area contributed by atoms with E-state index in [1.54, 1.807) is 23.7 Å². The fraction of sp³-hybridized carbons (Fsp3) is 0.400. The number of aromatic nitrogens is 4. The minimum atomic E-state index is -1.20. The van der Waals surface area contributed by atoms with Gasteiger partial charge in [0.05, 0.1) is 30.7 Å². The summed E-state index contributed by atoms with van der Waals surface area (Å²) in [6.07, 6.45) is 0.698. The van der Waals surface area contributed by atoms with Gasteiger partial charge in [-0.05, 0) is 29.9 Å². The number of anilines is 1. The van der Waals surface area contributed by atoms with Crippen LogP contribution in [0, 0.1) is 23.7 Å². The van der Waals surface area contributed by atoms with Gasteiger partial charge in [-0.2, -0.15) is 0 Å². The van der Waals surface area contributed by atoms with Gasteiger partial charge in [0.15, 0.2) is 22.7 Å². The Hall–Kier alpha value is -3.42. The van der Waals surface area contributed by atoms with Crippen molar-refractivity contribution in [2.24, 2.45) is 11.8 Å². The second kappa shape index (κ2) is 7.78. The third kappa shape index (κ3) is 3.18. The van der Waals surface area contributed by atoms with Crippen molar-refractivity contribution in [1.82, 2.24) is 24.8 Å². The summed E-state index contributed by atoms with van der Waals surface area (Å²) in [5, 5.41) is 26.7. The highest BCUT2D eigenvalue weighted by Crippen LogP contribution is 2.42. The number of furan rings is 1. The molecule has 0 aromatic carbocycles. The van der Waals surface area contributed by atoms with Crippen molar-refractivity contribution in [2.45, 2.75) is 25.2 Å². The quantitative estimate of drug-likeness (QED) is 0.447. The summed E-state index contributed by atoms with van der Waals surface area (Å²) in [6, 6.07) is 2.86. The number of fused-ring (bicyclic) bond motifs is 1. The van der Waals surface area contributed by atoms with Crippen LogP contribution in [0.5, 0.6) is 0 Å². The Bertz CT molecular complexity index is 1130. The van der Waals surface area contributed by atoms with E-state index in [0.717, 1.165) is 0 Å². The van der Waals surface area contributed by atoms with Crippen LogP contribution < -0.4 is 10.6 Å². The number of imidazole rings is 1. The maximum Gasteiger partial charge on any atom is 0.225 e. The molecule has 1 fully saturated rings. The molecule has 0 unspecified atom stereocenters. The predicted molar refractivity (Wildman–Crippen MR) is 107 cm³/mol. The molecular formula is C20H22N6O4. The standard InChI is InChI=1S/C20H22N6O4/c1-10-13(20(29)22-3)16(27)17(28)15(10)26-9-23-14-18(21-2)24-12(25-19(14)26)7-6-11-5-4-8-30-11/h4-5,8-10,13,15-17,27-28H,1-3H3,(H,22,29)(H,21,24,25)/t10-,13-,15+,16+,17-/m0/s1. The lowest BCUT2D eigenvalue weighted by Crippen LogP contribution is -2.37. The summed E-state index contributed by atoms with van der Waals surface area (Å²) in [4.78, 5) is 25.5. The highest BCUT2D eigenvalue weighted by molar-refractivity contribution is 5.84. The van der Waals surface area contributed by atoms with E-state index in [9.17, 15) is 15.0 Å². The third-order valence-corrected chi connectivity index (χ3v) is 5.52. The van der Waals surface area contributed by atoms with Crippen molar-refractivity contribution in [1.29, 1.82) is 0 Å². The zero-order valence-electron chi connectivity index (χ0n) is 16.7. The van der Waals surface area contributed by atoms with E-state index in [0.29, 0.717) is 22.7 Å². The number of nitrogens with zero attached hydrogens (tertiary/aromatic N) is 4. The summed E-state index contributed by atoms with van der Waals surface area (Å²) in [5.41, 5.74) is 0.942. The molecule has 0 radical (unpaired) electrons. The first kappa shape index (κ1) is 19.9. The molecule has 0 spiro atoms. The summed E-state index contributed by atoms with van der Waals surface area (Å²) in [7, 11) is 3.22. The molecule has 5 atom stereocenters. The number of rotatable bonds is 3. The number of aliphatic hydroxyl groups is 2. The van der Waals surface area contributed by atoms with Crippen LogP contribution in [0.1, 0.15) is 24.6 Å². The van der Waals surface area contributed by atoms with Gasteiger partial charge in [-0.3, -0.25) is 4.79 Å². The molecule has 1 aliphatic carbocycles. The lowest BCUT2D eigenvalue weighted by Gasteiger charge is -2.22. The highest BCUT2D eigenvalue weighted by atomic mass is 16.3. The van der Waals surface area contributed by atoms with E-state index in [1.807, 2.05) is 6.92 Å². The lowest BCUT2D eigenvalue weighted by molar-refractivity contribution is -0.129. The molecule has 0 bridgehead atoms. The van der Waals surface area contributed by atoms with Crippen LogP contribution in [0.25, 0.3) is 11.2 Å². The van der Waals surface area contributed by atoms with Crippen molar-refractivity contribution >= 4 is 22.9 Å². The van der Waals surface area contributed by atoms with Crippen molar-refractivity contribution < 1.29 is 19.4 Å². The summed E-state index contributed by atoms with van der Waals surface area (Å²) < 4.78 is 6.89. The molecular weight excluding hydrogens is 388 g/mol. The maximum atomic E-state index is 12.2. The van der Waals surface area contributed by atoms with Crippen LogP contribution >= 0.6 is 0 Å². The first-order valence-electron chi connectivity index (χ1n) is 9.51. The van der Waals surface area contributed by atoms with E-state index < -0.39 is 24.2 Å². The Balaban J connectivity index is 1.80. The van der Waals surface area contributed by atoms with Gasteiger partial charge in [-0.1, -0.05) is 6.92 Å². The number of hydrogen-bond donors (Lipinski definition) is 4. The molecule has 3 aromatic rings. The van der Waals surface area contributed by atoms with Crippen LogP contribution in [0.4, 0.5) is 5.82 Å². The highest BCUT2D eigenvalue weighted by Gasteiger charge is 2.51. The van der Waals surface area contributed by atoms with E-state index in [4.69, 9.17) is 4.42 Å². The molecule has 10 nitrogen and oxygen atoms in total. The van der Waals surface area contributed by atoms with Crippen LogP contribution in [0.2, 0.25) is 0 Å². The van der Waals surface area contributed by atoms with Crippen LogP contribution in [-0.4, -0.2) is 61.9 Å². The van der Waals surface area contributed by atoms with Crippen molar-refractivity contribution in [3.63, 3.8) is 0 Å². The first-order valence-corrected chi connectivity index (χ1v) is 9.51. The Kier molecular flexibility index (Phi) is 5.15. The van der Waals surface area contributed by atoms with E-state index in [-0.39, 0.29) is 17.6 Å². The van der Waals surface area contributed by atoms with E-state index in [2.05, 4.69) is 37.4 Å². The third-order valence-electron chi connectivity index (χ3n) is 5.52. The normalized spacial score (nSPS) is 25.7. The second-order valence-corrected chi connectivity index (χ2v) is 7.17. The van der Waals surface area contributed by atoms with Crippen LogP contribution in [-0.2, 0) is 4.79 Å². The van der Waals surface area contributed by atoms with E-state index in [1.165, 1.54) is 19.6 Å². The maximum absolute atomic E-state index is 12.2. The Morgan fingerprint density at radius 2 is 2.03 bits per heavy atom.